The monoisotopic (exact) mass is 292 g/mol. The Bertz CT molecular complexity index is 538. The molecule has 1 unspecified atom stereocenters. The summed E-state index contributed by atoms with van der Waals surface area (Å²) in [5.74, 6) is -0.399. The number of para-hydroxylation sites is 1. The Morgan fingerprint density at radius 2 is 2.14 bits per heavy atom. The summed E-state index contributed by atoms with van der Waals surface area (Å²) in [6.07, 6.45) is 4.02. The van der Waals surface area contributed by atoms with E-state index in [0.29, 0.717) is 12.0 Å². The van der Waals surface area contributed by atoms with Crippen molar-refractivity contribution in [3.8, 4) is 0 Å². The number of rotatable bonds is 7. The summed E-state index contributed by atoms with van der Waals surface area (Å²) in [7, 11) is 0. The maximum atomic E-state index is 11.7. The minimum atomic E-state index is -0.947. The normalized spacial score (nSPS) is 13.9. The number of nitrogens with zero attached hydrogens (tertiary/aromatic N) is 1. The number of benzene rings is 1. The molecule has 0 saturated heterocycles. The zero-order chi connectivity index (χ0) is 15.9. The molecule has 0 spiro atoms. The van der Waals surface area contributed by atoms with E-state index in [4.69, 9.17) is 0 Å². The van der Waals surface area contributed by atoms with Crippen LogP contribution in [-0.2, 0) is 4.79 Å². The molecule has 6 heteroatoms. The zero-order valence-electron chi connectivity index (χ0n) is 12.2. The second-order valence-electron chi connectivity index (χ2n) is 5.11. The van der Waals surface area contributed by atoms with Crippen LogP contribution in [0.25, 0.3) is 6.08 Å². The highest BCUT2D eigenvalue weighted by Crippen LogP contribution is 2.18. The summed E-state index contributed by atoms with van der Waals surface area (Å²) in [5, 5.41) is 23.4. The summed E-state index contributed by atoms with van der Waals surface area (Å²) in [6, 6.07) is 6.17. The van der Waals surface area contributed by atoms with Crippen molar-refractivity contribution >= 4 is 17.7 Å². The van der Waals surface area contributed by atoms with Gasteiger partial charge in [-0.3, -0.25) is 14.9 Å². The van der Waals surface area contributed by atoms with Crippen molar-refractivity contribution in [1.29, 1.82) is 0 Å². The van der Waals surface area contributed by atoms with Gasteiger partial charge in [0.25, 0.3) is 5.69 Å². The van der Waals surface area contributed by atoms with Gasteiger partial charge in [-0.05, 0) is 25.5 Å². The SMILES string of the molecule is CCCC(C)(O)CNC(=O)/C=C/c1ccccc1[N+](=O)[O-]. The minimum Gasteiger partial charge on any atom is -0.388 e. The van der Waals surface area contributed by atoms with Crippen LogP contribution in [0.3, 0.4) is 0 Å². The van der Waals surface area contributed by atoms with Gasteiger partial charge >= 0.3 is 0 Å². The van der Waals surface area contributed by atoms with Crippen LogP contribution in [0.2, 0.25) is 0 Å². The summed E-state index contributed by atoms with van der Waals surface area (Å²) >= 11 is 0. The van der Waals surface area contributed by atoms with Gasteiger partial charge in [-0.15, -0.1) is 0 Å². The quantitative estimate of drug-likeness (QED) is 0.458. The Hall–Kier alpha value is -2.21. The minimum absolute atomic E-state index is 0.0560. The average Bonchev–Trinajstić information content (AvgIpc) is 2.43. The van der Waals surface area contributed by atoms with E-state index in [-0.39, 0.29) is 12.2 Å². The molecule has 6 nitrogen and oxygen atoms in total. The lowest BCUT2D eigenvalue weighted by Crippen LogP contribution is -2.39. The third kappa shape index (κ3) is 5.74. The smallest absolute Gasteiger partial charge is 0.276 e. The number of carbonyl (C=O) groups is 1. The van der Waals surface area contributed by atoms with Crippen molar-refractivity contribution in [3.63, 3.8) is 0 Å². The summed E-state index contributed by atoms with van der Waals surface area (Å²) < 4.78 is 0. The fourth-order valence-electron chi connectivity index (χ4n) is 1.92. The van der Waals surface area contributed by atoms with E-state index in [1.165, 1.54) is 18.2 Å². The molecule has 0 bridgehead atoms. The van der Waals surface area contributed by atoms with E-state index in [9.17, 15) is 20.0 Å². The van der Waals surface area contributed by atoms with Crippen LogP contribution in [0.15, 0.2) is 30.3 Å². The van der Waals surface area contributed by atoms with Gasteiger partial charge < -0.3 is 10.4 Å². The number of carbonyl (C=O) groups excluding carboxylic acids is 1. The van der Waals surface area contributed by atoms with E-state index in [1.807, 2.05) is 6.92 Å². The Balaban J connectivity index is 2.65. The maximum absolute atomic E-state index is 11.7. The number of hydrogen-bond donors (Lipinski definition) is 2. The molecule has 1 aromatic rings. The maximum Gasteiger partial charge on any atom is 0.276 e. The molecule has 1 amide bonds. The fraction of sp³-hybridized carbons (Fsp3) is 0.400. The third-order valence-corrected chi connectivity index (χ3v) is 2.98. The Morgan fingerprint density at radius 1 is 1.48 bits per heavy atom. The molecule has 2 N–H and O–H groups in total. The van der Waals surface area contributed by atoms with Gasteiger partial charge in [0.1, 0.15) is 0 Å². The first-order valence-electron chi connectivity index (χ1n) is 6.77. The molecule has 0 fully saturated rings. The lowest BCUT2D eigenvalue weighted by molar-refractivity contribution is -0.385. The van der Waals surface area contributed by atoms with Gasteiger partial charge in [-0.25, -0.2) is 0 Å². The molecule has 0 radical (unpaired) electrons. The molecule has 0 aliphatic heterocycles. The molecule has 0 aliphatic carbocycles. The third-order valence-electron chi connectivity index (χ3n) is 2.98. The highest BCUT2D eigenvalue weighted by atomic mass is 16.6. The first-order chi connectivity index (χ1) is 9.85. The van der Waals surface area contributed by atoms with E-state index in [1.54, 1.807) is 25.1 Å². The summed E-state index contributed by atoms with van der Waals surface area (Å²) in [6.45, 7) is 3.74. The summed E-state index contributed by atoms with van der Waals surface area (Å²) in [4.78, 5) is 22.0. The van der Waals surface area contributed by atoms with Crippen molar-refractivity contribution in [3.05, 3.63) is 46.0 Å². The Kier molecular flexibility index (Phi) is 6.05. The van der Waals surface area contributed by atoms with E-state index in [2.05, 4.69) is 5.32 Å². The number of nitro groups is 1. The van der Waals surface area contributed by atoms with Crippen LogP contribution >= 0.6 is 0 Å². The number of nitrogens with one attached hydrogen (secondary N) is 1. The first-order valence-corrected chi connectivity index (χ1v) is 6.77. The van der Waals surface area contributed by atoms with Crippen LogP contribution in [0.4, 0.5) is 5.69 Å². The number of nitro benzene ring substituents is 1. The van der Waals surface area contributed by atoms with E-state index >= 15 is 0 Å². The van der Waals surface area contributed by atoms with Gasteiger partial charge in [-0.1, -0.05) is 25.5 Å². The van der Waals surface area contributed by atoms with Gasteiger partial charge in [0.05, 0.1) is 16.1 Å². The van der Waals surface area contributed by atoms with Crippen LogP contribution < -0.4 is 5.32 Å². The topological polar surface area (TPSA) is 92.5 Å². The van der Waals surface area contributed by atoms with Crippen LogP contribution in [0.1, 0.15) is 32.3 Å². The zero-order valence-corrected chi connectivity index (χ0v) is 12.2. The van der Waals surface area contributed by atoms with Crippen LogP contribution in [0, 0.1) is 10.1 Å². The fourth-order valence-corrected chi connectivity index (χ4v) is 1.92. The molecule has 0 aromatic heterocycles. The Morgan fingerprint density at radius 3 is 2.76 bits per heavy atom. The predicted molar refractivity (Wildman–Crippen MR) is 80.7 cm³/mol. The van der Waals surface area contributed by atoms with Crippen LogP contribution in [0.5, 0.6) is 0 Å². The van der Waals surface area contributed by atoms with Gasteiger partial charge in [0, 0.05) is 18.7 Å². The van der Waals surface area contributed by atoms with Gasteiger partial charge in [0.15, 0.2) is 0 Å². The van der Waals surface area contributed by atoms with E-state index in [0.717, 1.165) is 6.42 Å². The highest BCUT2D eigenvalue weighted by molar-refractivity contribution is 5.92. The molecular weight excluding hydrogens is 272 g/mol. The number of aliphatic hydroxyl groups is 1. The standard InChI is InChI=1S/C15H20N2O4/c1-3-10-15(2,19)11-16-14(18)9-8-12-6-4-5-7-13(12)17(20)21/h4-9,19H,3,10-11H2,1-2H3,(H,16,18)/b9-8+. The molecule has 114 valence electrons. The molecule has 1 aromatic carbocycles. The Labute approximate surface area is 123 Å². The van der Waals surface area contributed by atoms with Crippen molar-refractivity contribution < 1.29 is 14.8 Å². The van der Waals surface area contributed by atoms with Crippen LogP contribution in [-0.4, -0.2) is 28.1 Å². The van der Waals surface area contributed by atoms with Gasteiger partial charge in [-0.2, -0.15) is 0 Å². The highest BCUT2D eigenvalue weighted by Gasteiger charge is 2.19. The second-order valence-corrected chi connectivity index (χ2v) is 5.11. The van der Waals surface area contributed by atoms with E-state index < -0.39 is 16.4 Å². The van der Waals surface area contributed by atoms with Crippen molar-refractivity contribution in [1.82, 2.24) is 5.32 Å². The molecule has 0 aliphatic rings. The lowest BCUT2D eigenvalue weighted by Gasteiger charge is -2.22. The van der Waals surface area contributed by atoms with Crippen molar-refractivity contribution in [2.45, 2.75) is 32.3 Å². The first kappa shape index (κ1) is 16.8. The molecular formula is C15H20N2O4. The van der Waals surface area contributed by atoms with Crippen molar-refractivity contribution in [2.24, 2.45) is 0 Å². The van der Waals surface area contributed by atoms with Crippen molar-refractivity contribution in [2.75, 3.05) is 6.54 Å². The number of hydrogen-bond acceptors (Lipinski definition) is 4. The molecule has 1 rings (SSSR count). The second kappa shape index (κ2) is 7.54. The lowest BCUT2D eigenvalue weighted by atomic mass is 10.0. The van der Waals surface area contributed by atoms with Gasteiger partial charge in [0.2, 0.25) is 5.91 Å². The summed E-state index contributed by atoms with van der Waals surface area (Å²) in [5.41, 5.74) is -0.644. The number of amides is 1. The average molecular weight is 292 g/mol. The molecule has 1 atom stereocenters. The largest absolute Gasteiger partial charge is 0.388 e. The molecule has 0 saturated carbocycles. The predicted octanol–water partition coefficient (Wildman–Crippen LogP) is 2.28. The molecule has 0 heterocycles. The molecule has 21 heavy (non-hydrogen) atoms.